The zero-order valence-corrected chi connectivity index (χ0v) is 13.6. The van der Waals surface area contributed by atoms with Crippen LogP contribution in [0.2, 0.25) is 0 Å². The Morgan fingerprint density at radius 2 is 1.71 bits per heavy atom. The topological polar surface area (TPSA) is 71.3 Å². The molecule has 5 heteroatoms. The van der Waals surface area contributed by atoms with Gasteiger partial charge in [-0.3, -0.25) is 9.59 Å². The summed E-state index contributed by atoms with van der Waals surface area (Å²) < 4.78 is 5.65. The Hall–Kier alpha value is -3.08. The second-order valence-corrected chi connectivity index (χ2v) is 5.51. The molecule has 0 aliphatic carbocycles. The Bertz CT molecular complexity index is 895. The van der Waals surface area contributed by atoms with Gasteiger partial charge in [0, 0.05) is 30.1 Å². The van der Waals surface area contributed by atoms with Crippen molar-refractivity contribution in [1.29, 1.82) is 0 Å². The first-order chi connectivity index (χ1) is 11.6. The van der Waals surface area contributed by atoms with E-state index in [-0.39, 0.29) is 11.8 Å². The average Bonchev–Trinajstić information content (AvgIpc) is 2.96. The van der Waals surface area contributed by atoms with Crippen LogP contribution in [-0.2, 0) is 6.54 Å². The highest BCUT2D eigenvalue weighted by Crippen LogP contribution is 2.24. The molecule has 2 N–H and O–H groups in total. The highest BCUT2D eigenvalue weighted by atomic mass is 16.3. The predicted octanol–water partition coefficient (Wildman–Crippen LogP) is 3.03. The normalized spacial score (nSPS) is 10.6. The van der Waals surface area contributed by atoms with E-state index in [2.05, 4.69) is 10.6 Å². The number of para-hydroxylation sites is 1. The second kappa shape index (κ2) is 6.58. The van der Waals surface area contributed by atoms with Crippen LogP contribution in [0.1, 0.15) is 32.0 Å². The van der Waals surface area contributed by atoms with Crippen LogP contribution in [0.3, 0.4) is 0 Å². The monoisotopic (exact) mass is 322 g/mol. The van der Waals surface area contributed by atoms with Crippen molar-refractivity contribution in [2.75, 3.05) is 7.05 Å². The summed E-state index contributed by atoms with van der Waals surface area (Å²) in [6.45, 7) is 2.24. The van der Waals surface area contributed by atoms with E-state index >= 15 is 0 Å². The molecule has 0 radical (unpaired) electrons. The van der Waals surface area contributed by atoms with Gasteiger partial charge in [-0.25, -0.2) is 0 Å². The van der Waals surface area contributed by atoms with Crippen LogP contribution in [0.25, 0.3) is 11.0 Å². The lowest BCUT2D eigenvalue weighted by molar-refractivity contribution is 0.0922. The van der Waals surface area contributed by atoms with Crippen LogP contribution >= 0.6 is 0 Å². The number of furan rings is 1. The quantitative estimate of drug-likeness (QED) is 0.775. The lowest BCUT2D eigenvalue weighted by Crippen LogP contribution is -2.23. The molecule has 0 aliphatic heterocycles. The van der Waals surface area contributed by atoms with E-state index in [1.165, 1.54) is 0 Å². The summed E-state index contributed by atoms with van der Waals surface area (Å²) in [4.78, 5) is 23.9. The Labute approximate surface area is 139 Å². The maximum atomic E-state index is 12.4. The first kappa shape index (κ1) is 15.8. The molecular weight excluding hydrogens is 304 g/mol. The molecule has 3 aromatic rings. The Morgan fingerprint density at radius 3 is 2.38 bits per heavy atom. The van der Waals surface area contributed by atoms with Crippen LogP contribution in [-0.4, -0.2) is 18.9 Å². The van der Waals surface area contributed by atoms with Crippen molar-refractivity contribution < 1.29 is 14.0 Å². The molecule has 24 heavy (non-hydrogen) atoms. The summed E-state index contributed by atoms with van der Waals surface area (Å²) in [5.74, 6) is -0.0549. The summed E-state index contributed by atoms with van der Waals surface area (Å²) in [6, 6.07) is 14.7. The summed E-state index contributed by atoms with van der Waals surface area (Å²) in [6.07, 6.45) is 0. The van der Waals surface area contributed by atoms with Gasteiger partial charge in [-0.2, -0.15) is 0 Å². The number of rotatable bonds is 4. The number of carbonyl (C=O) groups is 2. The minimum Gasteiger partial charge on any atom is -0.451 e. The van der Waals surface area contributed by atoms with E-state index in [1.807, 2.05) is 43.3 Å². The van der Waals surface area contributed by atoms with Crippen LogP contribution in [0.15, 0.2) is 52.9 Å². The van der Waals surface area contributed by atoms with Crippen molar-refractivity contribution in [3.63, 3.8) is 0 Å². The second-order valence-electron chi connectivity index (χ2n) is 5.51. The fourth-order valence-corrected chi connectivity index (χ4v) is 2.57. The molecule has 0 saturated heterocycles. The molecule has 3 rings (SSSR count). The van der Waals surface area contributed by atoms with Crippen molar-refractivity contribution in [2.24, 2.45) is 0 Å². The highest BCUT2D eigenvalue weighted by molar-refractivity contribution is 5.98. The molecular formula is C19H18N2O3. The first-order valence-electron chi connectivity index (χ1n) is 7.67. The molecule has 5 nitrogen and oxygen atoms in total. The standard InChI is InChI=1S/C19H18N2O3/c1-12-15-5-3-4-6-16(15)24-17(12)19(23)21-11-13-7-9-14(10-8-13)18(22)20-2/h3-10H,11H2,1-2H3,(H,20,22)(H,21,23). The number of amides is 2. The van der Waals surface area contributed by atoms with Crippen molar-refractivity contribution in [2.45, 2.75) is 13.5 Å². The molecule has 0 bridgehead atoms. The van der Waals surface area contributed by atoms with Crippen LogP contribution in [0.5, 0.6) is 0 Å². The molecule has 0 aliphatic rings. The lowest BCUT2D eigenvalue weighted by atomic mass is 10.1. The summed E-state index contributed by atoms with van der Waals surface area (Å²) in [5, 5.41) is 6.36. The average molecular weight is 322 g/mol. The van der Waals surface area contributed by atoms with E-state index in [0.29, 0.717) is 23.5 Å². The van der Waals surface area contributed by atoms with Gasteiger partial charge in [-0.15, -0.1) is 0 Å². The molecule has 0 unspecified atom stereocenters. The van der Waals surface area contributed by atoms with E-state index < -0.39 is 0 Å². The number of aryl methyl sites for hydroxylation is 1. The van der Waals surface area contributed by atoms with Crippen molar-refractivity contribution >= 4 is 22.8 Å². The highest BCUT2D eigenvalue weighted by Gasteiger charge is 2.16. The molecule has 122 valence electrons. The van der Waals surface area contributed by atoms with Gasteiger partial charge in [0.05, 0.1) is 0 Å². The zero-order chi connectivity index (χ0) is 17.1. The van der Waals surface area contributed by atoms with Crippen molar-refractivity contribution in [3.8, 4) is 0 Å². The summed E-state index contributed by atoms with van der Waals surface area (Å²) in [5.41, 5.74) is 3.03. The largest absolute Gasteiger partial charge is 0.451 e. The Balaban J connectivity index is 1.70. The molecule has 0 atom stereocenters. The van der Waals surface area contributed by atoms with E-state index in [4.69, 9.17) is 4.42 Å². The van der Waals surface area contributed by atoms with Crippen LogP contribution in [0.4, 0.5) is 0 Å². The fourth-order valence-electron chi connectivity index (χ4n) is 2.57. The van der Waals surface area contributed by atoms with Gasteiger partial charge in [0.25, 0.3) is 11.8 Å². The maximum Gasteiger partial charge on any atom is 0.287 e. The van der Waals surface area contributed by atoms with Gasteiger partial charge in [0.2, 0.25) is 0 Å². The Kier molecular flexibility index (Phi) is 4.33. The fraction of sp³-hybridized carbons (Fsp3) is 0.158. The van der Waals surface area contributed by atoms with E-state index in [1.54, 1.807) is 19.2 Å². The van der Waals surface area contributed by atoms with Crippen molar-refractivity contribution in [3.05, 3.63) is 71.0 Å². The number of hydrogen-bond donors (Lipinski definition) is 2. The summed E-state index contributed by atoms with van der Waals surface area (Å²) in [7, 11) is 1.59. The SMILES string of the molecule is CNC(=O)c1ccc(CNC(=O)c2oc3ccccc3c2C)cc1. The predicted molar refractivity (Wildman–Crippen MR) is 92.0 cm³/mol. The van der Waals surface area contributed by atoms with Gasteiger partial charge in [-0.05, 0) is 30.7 Å². The lowest BCUT2D eigenvalue weighted by Gasteiger charge is -2.05. The number of carbonyl (C=O) groups excluding carboxylic acids is 2. The molecule has 2 aromatic carbocycles. The maximum absolute atomic E-state index is 12.4. The third-order valence-corrected chi connectivity index (χ3v) is 3.95. The zero-order valence-electron chi connectivity index (χ0n) is 13.6. The smallest absolute Gasteiger partial charge is 0.287 e. The van der Waals surface area contributed by atoms with Crippen molar-refractivity contribution in [1.82, 2.24) is 10.6 Å². The van der Waals surface area contributed by atoms with Gasteiger partial charge in [0.1, 0.15) is 5.58 Å². The van der Waals surface area contributed by atoms with Gasteiger partial charge < -0.3 is 15.1 Å². The minimum atomic E-state index is -0.251. The third kappa shape index (κ3) is 3.01. The number of benzene rings is 2. The molecule has 2 amide bonds. The molecule has 1 aromatic heterocycles. The third-order valence-electron chi connectivity index (χ3n) is 3.95. The van der Waals surface area contributed by atoms with Gasteiger partial charge in [0.15, 0.2) is 5.76 Å². The van der Waals surface area contributed by atoms with Gasteiger partial charge >= 0.3 is 0 Å². The van der Waals surface area contributed by atoms with E-state index in [9.17, 15) is 9.59 Å². The molecule has 0 spiro atoms. The summed E-state index contributed by atoms with van der Waals surface area (Å²) >= 11 is 0. The van der Waals surface area contributed by atoms with E-state index in [0.717, 1.165) is 16.5 Å². The van der Waals surface area contributed by atoms with Gasteiger partial charge in [-0.1, -0.05) is 30.3 Å². The first-order valence-corrected chi connectivity index (χ1v) is 7.67. The number of hydrogen-bond acceptors (Lipinski definition) is 3. The Morgan fingerprint density at radius 1 is 1.00 bits per heavy atom. The number of fused-ring (bicyclic) bond motifs is 1. The molecule has 0 fully saturated rings. The molecule has 0 saturated carbocycles. The van der Waals surface area contributed by atoms with Crippen LogP contribution < -0.4 is 10.6 Å². The number of nitrogens with one attached hydrogen (secondary N) is 2. The van der Waals surface area contributed by atoms with Crippen LogP contribution in [0, 0.1) is 6.92 Å². The molecule has 1 heterocycles. The minimum absolute atomic E-state index is 0.136.